The normalized spacial score (nSPS) is 23.1. The molecule has 2 aliphatic rings. The van der Waals surface area contributed by atoms with Gasteiger partial charge in [-0.25, -0.2) is 4.98 Å². The zero-order valence-corrected chi connectivity index (χ0v) is 13.1. The van der Waals surface area contributed by atoms with E-state index < -0.39 is 0 Å². The van der Waals surface area contributed by atoms with E-state index in [4.69, 9.17) is 0 Å². The molecule has 0 aromatic carbocycles. The summed E-state index contributed by atoms with van der Waals surface area (Å²) in [6.45, 7) is 0. The number of aliphatic hydroxyl groups is 1. The second kappa shape index (κ2) is 7.44. The Hall–Kier alpha value is -0.830. The zero-order chi connectivity index (χ0) is 14.5. The van der Waals surface area contributed by atoms with E-state index in [9.17, 15) is 5.11 Å². The Morgan fingerprint density at radius 1 is 1.19 bits per heavy atom. The maximum atomic E-state index is 10.6. The van der Waals surface area contributed by atoms with Crippen molar-refractivity contribution in [3.05, 3.63) is 18.2 Å². The molecule has 3 heteroatoms. The third-order valence-electron chi connectivity index (χ3n) is 5.57. The molecule has 2 aliphatic carbocycles. The molecule has 3 rings (SSSR count). The third-order valence-corrected chi connectivity index (χ3v) is 5.57. The summed E-state index contributed by atoms with van der Waals surface area (Å²) in [7, 11) is 0. The Bertz CT molecular complexity index is 393. The van der Waals surface area contributed by atoms with Crippen LogP contribution in [0.5, 0.6) is 0 Å². The maximum Gasteiger partial charge on any atom is 0.0921 e. The summed E-state index contributed by atoms with van der Waals surface area (Å²) in [5, 5.41) is 10.6. The number of aliphatic hydroxyl groups excluding tert-OH is 1. The van der Waals surface area contributed by atoms with Crippen LogP contribution in [-0.4, -0.2) is 21.2 Å². The summed E-state index contributed by atoms with van der Waals surface area (Å²) in [5.74, 6) is 2.13. The molecule has 118 valence electrons. The Morgan fingerprint density at radius 2 is 2.00 bits per heavy atom. The number of nitrogens with zero attached hydrogens (tertiary/aromatic N) is 1. The van der Waals surface area contributed by atoms with Crippen molar-refractivity contribution in [2.45, 2.75) is 76.7 Å². The fourth-order valence-corrected chi connectivity index (χ4v) is 4.10. The molecule has 21 heavy (non-hydrogen) atoms. The minimum Gasteiger partial charge on any atom is -0.393 e. The Balaban J connectivity index is 1.42. The van der Waals surface area contributed by atoms with E-state index in [0.29, 0.717) is 5.92 Å². The molecule has 1 heterocycles. The van der Waals surface area contributed by atoms with Crippen LogP contribution < -0.4 is 0 Å². The standard InChI is InChI=1S/C18H30N2O/c21-18(8-4-7-14-5-2-1-3-6-14)17(15-9-10-15)11-16-12-19-13-20-16/h12-15,17-18,21H,1-11H2,(H,19,20)/t17-,18-/m1/s1. The van der Waals surface area contributed by atoms with Gasteiger partial charge in [0.25, 0.3) is 0 Å². The first kappa shape index (κ1) is 15.1. The molecule has 2 fully saturated rings. The SMILES string of the molecule is O[C@H](CCCC1CCCCC1)[C@H](Cc1cnc[nH]1)C1CC1. The van der Waals surface area contributed by atoms with Crippen molar-refractivity contribution in [1.29, 1.82) is 0 Å². The lowest BCUT2D eigenvalue weighted by Crippen LogP contribution is -2.25. The number of aromatic nitrogens is 2. The van der Waals surface area contributed by atoms with Crippen molar-refractivity contribution in [3.63, 3.8) is 0 Å². The molecule has 2 atom stereocenters. The van der Waals surface area contributed by atoms with Gasteiger partial charge >= 0.3 is 0 Å². The Kier molecular flexibility index (Phi) is 5.34. The average Bonchev–Trinajstić information content (AvgIpc) is 3.22. The fraction of sp³-hybridized carbons (Fsp3) is 0.833. The lowest BCUT2D eigenvalue weighted by atomic mass is 9.84. The fourth-order valence-electron chi connectivity index (χ4n) is 4.10. The van der Waals surface area contributed by atoms with Gasteiger partial charge in [-0.3, -0.25) is 0 Å². The molecule has 0 amide bonds. The topological polar surface area (TPSA) is 48.9 Å². The molecule has 0 bridgehead atoms. The van der Waals surface area contributed by atoms with Crippen molar-refractivity contribution < 1.29 is 5.11 Å². The van der Waals surface area contributed by atoms with Crippen molar-refractivity contribution in [1.82, 2.24) is 9.97 Å². The molecule has 0 aliphatic heterocycles. The van der Waals surface area contributed by atoms with Gasteiger partial charge in [-0.1, -0.05) is 44.9 Å². The second-order valence-corrected chi connectivity index (χ2v) is 7.28. The van der Waals surface area contributed by atoms with Crippen molar-refractivity contribution in [3.8, 4) is 0 Å². The van der Waals surface area contributed by atoms with E-state index in [1.54, 1.807) is 6.33 Å². The Morgan fingerprint density at radius 3 is 2.67 bits per heavy atom. The highest BCUT2D eigenvalue weighted by Gasteiger charge is 2.35. The summed E-state index contributed by atoms with van der Waals surface area (Å²) in [4.78, 5) is 7.29. The van der Waals surface area contributed by atoms with Gasteiger partial charge in [-0.2, -0.15) is 0 Å². The van der Waals surface area contributed by atoms with Crippen molar-refractivity contribution in [2.24, 2.45) is 17.8 Å². The highest BCUT2D eigenvalue weighted by molar-refractivity contribution is 5.00. The van der Waals surface area contributed by atoms with E-state index in [1.807, 2.05) is 6.20 Å². The summed E-state index contributed by atoms with van der Waals surface area (Å²) in [6, 6.07) is 0. The maximum absolute atomic E-state index is 10.6. The minimum atomic E-state index is -0.121. The highest BCUT2D eigenvalue weighted by atomic mass is 16.3. The zero-order valence-electron chi connectivity index (χ0n) is 13.1. The van der Waals surface area contributed by atoms with Gasteiger partial charge in [0.2, 0.25) is 0 Å². The van der Waals surface area contributed by atoms with Crippen LogP contribution in [-0.2, 0) is 6.42 Å². The second-order valence-electron chi connectivity index (χ2n) is 7.28. The molecule has 1 aromatic heterocycles. The first-order valence-corrected chi connectivity index (χ1v) is 8.98. The van der Waals surface area contributed by atoms with Crippen LogP contribution in [0.25, 0.3) is 0 Å². The van der Waals surface area contributed by atoms with Gasteiger partial charge in [0, 0.05) is 11.9 Å². The van der Waals surface area contributed by atoms with Gasteiger partial charge in [-0.05, 0) is 43.4 Å². The van der Waals surface area contributed by atoms with Crippen LogP contribution in [0.3, 0.4) is 0 Å². The van der Waals surface area contributed by atoms with E-state index in [1.165, 1.54) is 63.5 Å². The van der Waals surface area contributed by atoms with Crippen LogP contribution in [0, 0.1) is 17.8 Å². The average molecular weight is 290 g/mol. The number of hydrogen-bond acceptors (Lipinski definition) is 2. The van der Waals surface area contributed by atoms with E-state index in [0.717, 1.165) is 24.7 Å². The number of nitrogens with one attached hydrogen (secondary N) is 1. The summed E-state index contributed by atoms with van der Waals surface area (Å²) in [6.07, 6.45) is 17.8. The number of aromatic amines is 1. The van der Waals surface area contributed by atoms with Gasteiger partial charge < -0.3 is 10.1 Å². The largest absolute Gasteiger partial charge is 0.393 e. The molecule has 1 aromatic rings. The predicted molar refractivity (Wildman–Crippen MR) is 84.9 cm³/mol. The predicted octanol–water partition coefficient (Wildman–Crippen LogP) is 4.09. The number of H-pyrrole nitrogens is 1. The van der Waals surface area contributed by atoms with E-state index >= 15 is 0 Å². The monoisotopic (exact) mass is 290 g/mol. The number of imidazole rings is 1. The molecule has 0 saturated heterocycles. The Labute approximate surface area is 128 Å². The first-order chi connectivity index (χ1) is 10.3. The number of rotatable bonds is 8. The van der Waals surface area contributed by atoms with Crippen LogP contribution in [0.1, 0.15) is 69.9 Å². The summed E-state index contributed by atoms with van der Waals surface area (Å²) < 4.78 is 0. The molecule has 0 radical (unpaired) electrons. The van der Waals surface area contributed by atoms with Crippen LogP contribution in [0.15, 0.2) is 12.5 Å². The highest BCUT2D eigenvalue weighted by Crippen LogP contribution is 2.41. The summed E-state index contributed by atoms with van der Waals surface area (Å²) in [5.41, 5.74) is 1.18. The third kappa shape index (κ3) is 4.57. The van der Waals surface area contributed by atoms with Gasteiger partial charge in [-0.15, -0.1) is 0 Å². The van der Waals surface area contributed by atoms with Crippen LogP contribution in [0.4, 0.5) is 0 Å². The van der Waals surface area contributed by atoms with Gasteiger partial charge in [0.15, 0.2) is 0 Å². The lowest BCUT2D eigenvalue weighted by molar-refractivity contribution is 0.0818. The lowest BCUT2D eigenvalue weighted by Gasteiger charge is -2.25. The molecule has 3 nitrogen and oxygen atoms in total. The quantitative estimate of drug-likeness (QED) is 0.757. The van der Waals surface area contributed by atoms with Crippen LogP contribution in [0.2, 0.25) is 0 Å². The van der Waals surface area contributed by atoms with Gasteiger partial charge in [0.1, 0.15) is 0 Å². The van der Waals surface area contributed by atoms with Gasteiger partial charge in [0.05, 0.1) is 12.4 Å². The van der Waals surface area contributed by atoms with E-state index in [-0.39, 0.29) is 6.10 Å². The summed E-state index contributed by atoms with van der Waals surface area (Å²) >= 11 is 0. The molecule has 2 N–H and O–H groups in total. The number of hydrogen-bond donors (Lipinski definition) is 2. The van der Waals surface area contributed by atoms with Crippen molar-refractivity contribution in [2.75, 3.05) is 0 Å². The van der Waals surface area contributed by atoms with E-state index in [2.05, 4.69) is 9.97 Å². The molecular formula is C18H30N2O. The minimum absolute atomic E-state index is 0.121. The van der Waals surface area contributed by atoms with Crippen molar-refractivity contribution >= 4 is 0 Å². The first-order valence-electron chi connectivity index (χ1n) is 8.98. The molecule has 0 spiro atoms. The molecular weight excluding hydrogens is 260 g/mol. The molecule has 0 unspecified atom stereocenters. The molecule has 2 saturated carbocycles. The van der Waals surface area contributed by atoms with Crippen LogP contribution >= 0.6 is 0 Å². The smallest absolute Gasteiger partial charge is 0.0921 e.